The molecule has 1 aromatic heterocycles. The maximum atomic E-state index is 12.0. The second kappa shape index (κ2) is 6.98. The van der Waals surface area contributed by atoms with E-state index in [2.05, 4.69) is 10.3 Å². The number of urea groups is 1. The second-order valence-electron chi connectivity index (χ2n) is 5.84. The lowest BCUT2D eigenvalue weighted by Crippen LogP contribution is -2.36. The van der Waals surface area contributed by atoms with E-state index in [1.165, 1.54) is 11.1 Å². The predicted molar refractivity (Wildman–Crippen MR) is 93.1 cm³/mol. The molecule has 0 spiro atoms. The molecule has 1 aromatic carbocycles. The number of hydrogen-bond donors (Lipinski definition) is 2. The summed E-state index contributed by atoms with van der Waals surface area (Å²) in [5.41, 5.74) is 1.52. The molecule has 2 heterocycles. The van der Waals surface area contributed by atoms with Crippen molar-refractivity contribution in [1.29, 1.82) is 0 Å². The molecule has 2 atom stereocenters. The van der Waals surface area contributed by atoms with Gasteiger partial charge in [-0.2, -0.15) is 0 Å². The Hall–Kier alpha value is -2.80. The molecule has 1 aliphatic rings. The fourth-order valence-electron chi connectivity index (χ4n) is 2.75. The van der Waals surface area contributed by atoms with Gasteiger partial charge >= 0.3 is 6.03 Å². The van der Waals surface area contributed by atoms with Gasteiger partial charge < -0.3 is 19.9 Å². The third-order valence-electron chi connectivity index (χ3n) is 4.19. The van der Waals surface area contributed by atoms with E-state index in [0.29, 0.717) is 23.7 Å². The van der Waals surface area contributed by atoms with Crippen LogP contribution in [0.4, 0.5) is 10.5 Å². The highest BCUT2D eigenvalue weighted by Gasteiger charge is 2.38. The van der Waals surface area contributed by atoms with Crippen LogP contribution in [-0.4, -0.2) is 35.5 Å². The molecule has 0 radical (unpaired) electrons. The number of rotatable bonds is 5. The number of carbonyl (C=O) groups excluding carboxylic acids is 1. The quantitative estimate of drug-likeness (QED) is 0.872. The first-order valence-corrected chi connectivity index (χ1v) is 8.09. The molecule has 2 N–H and O–H groups in total. The van der Waals surface area contributed by atoms with Crippen molar-refractivity contribution < 1.29 is 19.4 Å². The molecule has 132 valence electrons. The summed E-state index contributed by atoms with van der Waals surface area (Å²) in [6, 6.07) is 8.24. The Bertz CT molecular complexity index is 763. The number of aliphatic hydroxyl groups excluding tert-OH is 1. The average Bonchev–Trinajstić information content (AvgIpc) is 2.91. The minimum absolute atomic E-state index is 0.288. The standard InChI is InChI=1S/C18H21N3O4/c1-4-14-17(22)21(18(23)20-14)12-6-8-16(19-10-12)25-13-7-5-11(2)15(9-13)24-3/h5-10,14,17,22H,4H2,1-3H3,(H,20,23)/t14-,17?/m1/s1. The number of carbonyl (C=O) groups is 1. The molecular weight excluding hydrogens is 322 g/mol. The number of nitrogens with zero attached hydrogens (tertiary/aromatic N) is 2. The molecule has 1 aliphatic heterocycles. The summed E-state index contributed by atoms with van der Waals surface area (Å²) < 4.78 is 11.0. The molecule has 25 heavy (non-hydrogen) atoms. The normalized spacial score (nSPS) is 19.7. The third-order valence-corrected chi connectivity index (χ3v) is 4.19. The smallest absolute Gasteiger partial charge is 0.324 e. The van der Waals surface area contributed by atoms with E-state index in [1.54, 1.807) is 25.3 Å². The van der Waals surface area contributed by atoms with Crippen molar-refractivity contribution in [2.75, 3.05) is 12.0 Å². The summed E-state index contributed by atoms with van der Waals surface area (Å²) in [6.45, 7) is 3.86. The number of methoxy groups -OCH3 is 1. The molecule has 0 bridgehead atoms. The van der Waals surface area contributed by atoms with Crippen LogP contribution in [0.3, 0.4) is 0 Å². The number of ether oxygens (including phenoxy) is 2. The van der Waals surface area contributed by atoms with Crippen molar-refractivity contribution in [2.24, 2.45) is 0 Å². The number of nitrogens with one attached hydrogen (secondary N) is 1. The Morgan fingerprint density at radius 2 is 2.12 bits per heavy atom. The zero-order chi connectivity index (χ0) is 18.0. The summed E-state index contributed by atoms with van der Waals surface area (Å²) in [5, 5.41) is 13.0. The summed E-state index contributed by atoms with van der Waals surface area (Å²) >= 11 is 0. The first kappa shape index (κ1) is 17.0. The van der Waals surface area contributed by atoms with Gasteiger partial charge in [0.05, 0.1) is 25.0 Å². The van der Waals surface area contributed by atoms with E-state index in [1.807, 2.05) is 26.0 Å². The lowest BCUT2D eigenvalue weighted by molar-refractivity contribution is 0.159. The van der Waals surface area contributed by atoms with Gasteiger partial charge in [-0.25, -0.2) is 9.78 Å². The van der Waals surface area contributed by atoms with Gasteiger partial charge in [-0.3, -0.25) is 4.90 Å². The van der Waals surface area contributed by atoms with Crippen LogP contribution in [0.2, 0.25) is 0 Å². The molecule has 7 nitrogen and oxygen atoms in total. The number of aryl methyl sites for hydroxylation is 1. The lowest BCUT2D eigenvalue weighted by Gasteiger charge is -2.20. The summed E-state index contributed by atoms with van der Waals surface area (Å²) in [6.07, 6.45) is 1.24. The van der Waals surface area contributed by atoms with Gasteiger partial charge in [-0.15, -0.1) is 0 Å². The van der Waals surface area contributed by atoms with E-state index in [-0.39, 0.29) is 12.1 Å². The summed E-state index contributed by atoms with van der Waals surface area (Å²) in [5.74, 6) is 1.72. The monoisotopic (exact) mass is 343 g/mol. The number of benzene rings is 1. The third kappa shape index (κ3) is 3.36. The largest absolute Gasteiger partial charge is 0.496 e. The minimum atomic E-state index is -0.910. The van der Waals surface area contributed by atoms with Crippen LogP contribution in [0.1, 0.15) is 18.9 Å². The fraction of sp³-hybridized carbons (Fsp3) is 0.333. The maximum Gasteiger partial charge on any atom is 0.324 e. The van der Waals surface area contributed by atoms with Gasteiger partial charge in [0.15, 0.2) is 6.23 Å². The van der Waals surface area contributed by atoms with Crippen molar-refractivity contribution in [2.45, 2.75) is 32.5 Å². The number of aromatic nitrogens is 1. The van der Waals surface area contributed by atoms with Gasteiger partial charge in [0, 0.05) is 12.1 Å². The molecular formula is C18H21N3O4. The van der Waals surface area contributed by atoms with Crippen LogP contribution in [0.15, 0.2) is 36.5 Å². The van der Waals surface area contributed by atoms with E-state index >= 15 is 0 Å². The number of aliphatic hydroxyl groups is 1. The van der Waals surface area contributed by atoms with Gasteiger partial charge in [0.1, 0.15) is 11.5 Å². The summed E-state index contributed by atoms with van der Waals surface area (Å²) in [4.78, 5) is 17.5. The summed E-state index contributed by atoms with van der Waals surface area (Å²) in [7, 11) is 1.61. The Morgan fingerprint density at radius 3 is 2.72 bits per heavy atom. The maximum absolute atomic E-state index is 12.0. The van der Waals surface area contributed by atoms with Crippen LogP contribution in [-0.2, 0) is 0 Å². The zero-order valence-corrected chi connectivity index (χ0v) is 14.4. The average molecular weight is 343 g/mol. The Kier molecular flexibility index (Phi) is 4.76. The first-order chi connectivity index (χ1) is 12.0. The first-order valence-electron chi connectivity index (χ1n) is 8.09. The van der Waals surface area contributed by atoms with Gasteiger partial charge in [-0.1, -0.05) is 13.0 Å². The number of amides is 2. The zero-order valence-electron chi connectivity index (χ0n) is 14.4. The van der Waals surface area contributed by atoms with E-state index in [0.717, 1.165) is 11.3 Å². The van der Waals surface area contributed by atoms with Crippen molar-refractivity contribution in [3.63, 3.8) is 0 Å². The van der Waals surface area contributed by atoms with Crippen LogP contribution < -0.4 is 19.7 Å². The van der Waals surface area contributed by atoms with E-state index in [4.69, 9.17) is 9.47 Å². The van der Waals surface area contributed by atoms with Gasteiger partial charge in [0.25, 0.3) is 0 Å². The van der Waals surface area contributed by atoms with Crippen molar-refractivity contribution in [1.82, 2.24) is 10.3 Å². The highest BCUT2D eigenvalue weighted by atomic mass is 16.5. The highest BCUT2D eigenvalue weighted by molar-refractivity contribution is 5.94. The highest BCUT2D eigenvalue weighted by Crippen LogP contribution is 2.29. The molecule has 1 fully saturated rings. The molecule has 7 heteroatoms. The Labute approximate surface area is 146 Å². The van der Waals surface area contributed by atoms with Crippen LogP contribution in [0, 0.1) is 6.92 Å². The molecule has 2 aromatic rings. The van der Waals surface area contributed by atoms with Crippen molar-refractivity contribution >= 4 is 11.7 Å². The van der Waals surface area contributed by atoms with Gasteiger partial charge in [0.2, 0.25) is 5.88 Å². The minimum Gasteiger partial charge on any atom is -0.496 e. The molecule has 0 aliphatic carbocycles. The number of anilines is 1. The molecule has 3 rings (SSSR count). The molecule has 0 saturated carbocycles. The number of pyridine rings is 1. The SMILES string of the molecule is CC[C@H]1NC(=O)N(c2ccc(Oc3ccc(C)c(OC)c3)nc2)C1O. The lowest BCUT2D eigenvalue weighted by atomic mass is 10.2. The van der Waals surface area contributed by atoms with Gasteiger partial charge in [-0.05, 0) is 31.0 Å². The van der Waals surface area contributed by atoms with Crippen molar-refractivity contribution in [3.8, 4) is 17.4 Å². The fourth-order valence-corrected chi connectivity index (χ4v) is 2.75. The number of hydrogen-bond acceptors (Lipinski definition) is 5. The Morgan fingerprint density at radius 1 is 1.32 bits per heavy atom. The van der Waals surface area contributed by atoms with Crippen LogP contribution in [0.25, 0.3) is 0 Å². The molecule has 1 saturated heterocycles. The van der Waals surface area contributed by atoms with E-state index < -0.39 is 6.23 Å². The predicted octanol–water partition coefficient (Wildman–Crippen LogP) is 2.82. The topological polar surface area (TPSA) is 83.9 Å². The molecule has 2 amide bonds. The van der Waals surface area contributed by atoms with Crippen LogP contribution in [0.5, 0.6) is 17.4 Å². The van der Waals surface area contributed by atoms with E-state index in [9.17, 15) is 9.90 Å². The Balaban J connectivity index is 1.76. The van der Waals surface area contributed by atoms with Crippen LogP contribution >= 0.6 is 0 Å². The molecule has 1 unspecified atom stereocenters. The second-order valence-corrected chi connectivity index (χ2v) is 5.84. The van der Waals surface area contributed by atoms with Crippen molar-refractivity contribution in [3.05, 3.63) is 42.1 Å².